The Morgan fingerprint density at radius 1 is 0.353 bits per heavy atom. The van der Waals surface area contributed by atoms with Gasteiger partial charge in [0, 0.05) is 38.1 Å². The molecule has 0 saturated carbocycles. The van der Waals surface area contributed by atoms with Gasteiger partial charge >= 0.3 is 0 Å². The van der Waals surface area contributed by atoms with Crippen LogP contribution >= 0.6 is 0 Å². The van der Waals surface area contributed by atoms with Gasteiger partial charge in [-0.1, -0.05) is 103 Å². The summed E-state index contributed by atoms with van der Waals surface area (Å²) >= 11 is 0. The van der Waals surface area contributed by atoms with Gasteiger partial charge in [0.2, 0.25) is 0 Å². The van der Waals surface area contributed by atoms with Crippen LogP contribution in [-0.4, -0.2) is 9.97 Å². The van der Waals surface area contributed by atoms with Gasteiger partial charge in [-0.05, 0) is 76.9 Å². The molecule has 0 fully saturated rings. The van der Waals surface area contributed by atoms with E-state index >= 15 is 0 Å². The van der Waals surface area contributed by atoms with Crippen molar-refractivity contribution in [1.82, 2.24) is 9.97 Å². The molecule has 11 rings (SSSR count). The van der Waals surface area contributed by atoms with Crippen LogP contribution < -0.4 is 0 Å². The molecule has 0 aliphatic heterocycles. The van der Waals surface area contributed by atoms with Crippen molar-refractivity contribution in [2.75, 3.05) is 0 Å². The first-order valence-corrected chi connectivity index (χ1v) is 17.0. The molecule has 11 aromatic rings. The largest absolute Gasteiger partial charge is 0.456 e. The third-order valence-electron chi connectivity index (χ3n) is 9.89. The molecule has 238 valence electrons. The predicted octanol–water partition coefficient (Wildman–Crippen LogP) is 12.8. The zero-order valence-corrected chi connectivity index (χ0v) is 27.1. The van der Waals surface area contributed by atoms with Crippen LogP contribution in [0.15, 0.2) is 171 Å². The van der Waals surface area contributed by atoms with Gasteiger partial charge in [-0.2, -0.15) is 0 Å². The highest BCUT2D eigenvalue weighted by molar-refractivity contribution is 6.16. The summed E-state index contributed by atoms with van der Waals surface area (Å²) in [4.78, 5) is 10.5. The smallest absolute Gasteiger partial charge is 0.180 e. The van der Waals surface area contributed by atoms with Gasteiger partial charge in [0.05, 0.1) is 0 Å². The Balaban J connectivity index is 1.20. The molecular formula is C46H26N2O3. The van der Waals surface area contributed by atoms with E-state index in [2.05, 4.69) is 91.0 Å². The summed E-state index contributed by atoms with van der Waals surface area (Å²) in [7, 11) is 0. The second kappa shape index (κ2) is 10.8. The van der Waals surface area contributed by atoms with Crippen LogP contribution in [0.2, 0.25) is 0 Å². The summed E-state index contributed by atoms with van der Waals surface area (Å²) in [6.45, 7) is 0. The first-order chi connectivity index (χ1) is 25.3. The van der Waals surface area contributed by atoms with Crippen molar-refractivity contribution < 1.29 is 13.3 Å². The summed E-state index contributed by atoms with van der Waals surface area (Å²) in [5, 5.41) is 5.16. The van der Waals surface area contributed by atoms with Crippen molar-refractivity contribution in [1.29, 1.82) is 0 Å². The summed E-state index contributed by atoms with van der Waals surface area (Å²) in [5.74, 6) is 0.600. The number of furan rings is 3. The van der Waals surface area contributed by atoms with E-state index in [9.17, 15) is 0 Å². The molecule has 0 N–H and O–H groups in total. The molecule has 0 atom stereocenters. The number of benzene rings is 7. The molecule has 0 radical (unpaired) electrons. The standard InChI is InChI=1S/C46H26N2O3/c1-3-12-27(13-4-1)31-18-11-21-39-41(31)35-24-29(22-23-38(35)49-39)46-47-43(45-44(48-46)33-17-8-10-20-37(33)51-45)30-25-34(28-14-5-2-6-15-28)42-32-16-7-9-19-36(32)50-40(42)26-30/h1-26H. The van der Waals surface area contributed by atoms with Crippen molar-refractivity contribution in [3.05, 3.63) is 158 Å². The number of nitrogens with zero attached hydrogens (tertiary/aromatic N) is 2. The summed E-state index contributed by atoms with van der Waals surface area (Å²) in [5.41, 5.74) is 12.3. The van der Waals surface area contributed by atoms with Crippen LogP contribution in [0.25, 0.3) is 111 Å². The van der Waals surface area contributed by atoms with Crippen molar-refractivity contribution >= 4 is 65.9 Å². The Bertz CT molecular complexity index is 3130. The minimum atomic E-state index is 0.600. The Morgan fingerprint density at radius 3 is 1.78 bits per heavy atom. The molecule has 5 nitrogen and oxygen atoms in total. The quantitative estimate of drug-likeness (QED) is 0.189. The number of hydrogen-bond donors (Lipinski definition) is 0. The van der Waals surface area contributed by atoms with Crippen molar-refractivity contribution in [3.8, 4) is 44.9 Å². The Hall–Kier alpha value is -6.98. The molecular weight excluding hydrogens is 629 g/mol. The number of para-hydroxylation sites is 2. The first kappa shape index (κ1) is 27.9. The lowest BCUT2D eigenvalue weighted by Crippen LogP contribution is -1.94. The van der Waals surface area contributed by atoms with Crippen LogP contribution in [0, 0.1) is 0 Å². The molecule has 0 unspecified atom stereocenters. The van der Waals surface area contributed by atoms with Crippen LogP contribution in [0.3, 0.4) is 0 Å². The van der Waals surface area contributed by atoms with Crippen LogP contribution in [-0.2, 0) is 0 Å². The van der Waals surface area contributed by atoms with Crippen molar-refractivity contribution in [3.63, 3.8) is 0 Å². The van der Waals surface area contributed by atoms with E-state index in [1.54, 1.807) is 0 Å². The average Bonchev–Trinajstić information content (AvgIpc) is 3.89. The van der Waals surface area contributed by atoms with E-state index in [-0.39, 0.29) is 0 Å². The van der Waals surface area contributed by atoms with Gasteiger partial charge in [0.15, 0.2) is 11.4 Å². The van der Waals surface area contributed by atoms with E-state index in [0.29, 0.717) is 17.1 Å². The fraction of sp³-hybridized carbons (Fsp3) is 0. The normalized spacial score (nSPS) is 11.9. The molecule has 4 heterocycles. The molecule has 0 saturated heterocycles. The zero-order valence-electron chi connectivity index (χ0n) is 27.1. The monoisotopic (exact) mass is 654 g/mol. The molecule has 0 spiro atoms. The van der Waals surface area contributed by atoms with E-state index in [1.165, 1.54) is 0 Å². The van der Waals surface area contributed by atoms with Gasteiger partial charge in [-0.15, -0.1) is 0 Å². The van der Waals surface area contributed by atoms with Crippen LogP contribution in [0.4, 0.5) is 0 Å². The van der Waals surface area contributed by atoms with E-state index in [4.69, 9.17) is 23.2 Å². The second-order valence-electron chi connectivity index (χ2n) is 12.9. The van der Waals surface area contributed by atoms with Gasteiger partial charge in [-0.25, -0.2) is 9.97 Å². The molecule has 5 heteroatoms. The molecule has 4 aromatic heterocycles. The van der Waals surface area contributed by atoms with Crippen LogP contribution in [0.5, 0.6) is 0 Å². The van der Waals surface area contributed by atoms with Crippen LogP contribution in [0.1, 0.15) is 0 Å². The number of hydrogen-bond acceptors (Lipinski definition) is 5. The predicted molar refractivity (Wildman–Crippen MR) is 206 cm³/mol. The third-order valence-corrected chi connectivity index (χ3v) is 9.89. The molecule has 7 aromatic carbocycles. The maximum Gasteiger partial charge on any atom is 0.180 e. The lowest BCUT2D eigenvalue weighted by atomic mass is 9.95. The van der Waals surface area contributed by atoms with Crippen molar-refractivity contribution in [2.45, 2.75) is 0 Å². The zero-order chi connectivity index (χ0) is 33.5. The molecule has 0 aliphatic rings. The van der Waals surface area contributed by atoms with Gasteiger partial charge in [0.1, 0.15) is 39.1 Å². The lowest BCUT2D eigenvalue weighted by Gasteiger charge is -2.10. The fourth-order valence-corrected chi connectivity index (χ4v) is 7.58. The summed E-state index contributed by atoms with van der Waals surface area (Å²) in [6.07, 6.45) is 0. The summed E-state index contributed by atoms with van der Waals surface area (Å²) < 4.78 is 19.4. The SMILES string of the molecule is c1ccc(-c2cc(-c3nc(-c4ccc5oc6cccc(-c7ccccc7)c6c5c4)nc4c3oc3ccccc34)cc3oc4ccccc4c23)cc1. The van der Waals surface area contributed by atoms with Gasteiger partial charge in [-0.3, -0.25) is 0 Å². The maximum atomic E-state index is 6.56. The minimum absolute atomic E-state index is 0.600. The van der Waals surface area contributed by atoms with E-state index < -0.39 is 0 Å². The highest BCUT2D eigenvalue weighted by atomic mass is 16.3. The minimum Gasteiger partial charge on any atom is -0.456 e. The maximum absolute atomic E-state index is 6.56. The highest BCUT2D eigenvalue weighted by Crippen LogP contribution is 2.43. The molecule has 0 amide bonds. The molecule has 0 bridgehead atoms. The Morgan fingerprint density at radius 2 is 0.980 bits per heavy atom. The van der Waals surface area contributed by atoms with Gasteiger partial charge in [0.25, 0.3) is 0 Å². The molecule has 51 heavy (non-hydrogen) atoms. The van der Waals surface area contributed by atoms with Gasteiger partial charge < -0.3 is 13.3 Å². The molecule has 0 aliphatic carbocycles. The fourth-order valence-electron chi connectivity index (χ4n) is 7.58. The van der Waals surface area contributed by atoms with Crippen molar-refractivity contribution in [2.24, 2.45) is 0 Å². The van der Waals surface area contributed by atoms with E-state index in [1.807, 2.05) is 66.7 Å². The Labute approximate surface area is 291 Å². The first-order valence-electron chi connectivity index (χ1n) is 17.0. The van der Waals surface area contributed by atoms with E-state index in [0.717, 1.165) is 93.7 Å². The number of fused-ring (bicyclic) bond motifs is 9. The number of rotatable bonds is 4. The Kier molecular flexibility index (Phi) is 5.89. The lowest BCUT2D eigenvalue weighted by molar-refractivity contribution is 0.666. The second-order valence-corrected chi connectivity index (χ2v) is 12.9. The number of aromatic nitrogens is 2. The third kappa shape index (κ3) is 4.28. The topological polar surface area (TPSA) is 65.2 Å². The average molecular weight is 655 g/mol. The highest BCUT2D eigenvalue weighted by Gasteiger charge is 2.22. The summed E-state index contributed by atoms with van der Waals surface area (Å²) in [6, 6.07) is 53.8.